The van der Waals surface area contributed by atoms with Gasteiger partial charge in [-0.2, -0.15) is 13.2 Å². The summed E-state index contributed by atoms with van der Waals surface area (Å²) in [5.41, 5.74) is -0.513. The van der Waals surface area contributed by atoms with Gasteiger partial charge in [0.1, 0.15) is 11.5 Å². The first-order valence-corrected chi connectivity index (χ1v) is 4.94. The Bertz CT molecular complexity index is 603. The molecule has 2 aromatic rings. The van der Waals surface area contributed by atoms with Crippen molar-refractivity contribution in [2.24, 2.45) is 0 Å². The van der Waals surface area contributed by atoms with E-state index >= 15 is 0 Å². The predicted molar refractivity (Wildman–Crippen MR) is 55.3 cm³/mol. The van der Waals surface area contributed by atoms with E-state index < -0.39 is 17.7 Å². The number of nitrogens with zero attached hydrogens (tertiary/aromatic N) is 2. The number of pyridine rings is 1. The average Bonchev–Trinajstić information content (AvgIpc) is 2.53. The molecule has 0 radical (unpaired) electrons. The summed E-state index contributed by atoms with van der Waals surface area (Å²) in [6.45, 7) is 1.50. The number of Topliss-reactive ketones (excluding diaryl/α,β-unsaturated/α-hetero) is 1. The van der Waals surface area contributed by atoms with Gasteiger partial charge in [0.25, 0.3) is 5.78 Å². The highest BCUT2D eigenvalue weighted by Gasteiger charge is 2.41. The number of fused-ring (bicyclic) bond motifs is 1. The summed E-state index contributed by atoms with van der Waals surface area (Å²) in [5.74, 6) is -1.68. The maximum Gasteiger partial charge on any atom is 0.456 e. The fourth-order valence-electron chi connectivity index (χ4n) is 1.51. The lowest BCUT2D eigenvalue weighted by molar-refractivity contribution is -0.0887. The Balaban J connectivity index is 2.68. The molecule has 17 heavy (non-hydrogen) atoms. The summed E-state index contributed by atoms with van der Waals surface area (Å²) in [7, 11) is 0. The van der Waals surface area contributed by atoms with E-state index in [0.717, 1.165) is 0 Å². The Morgan fingerprint density at radius 1 is 1.41 bits per heavy atom. The summed E-state index contributed by atoms with van der Waals surface area (Å²) in [5, 5.41) is 0.351. The van der Waals surface area contributed by atoms with Crippen LogP contribution in [0.2, 0.25) is 5.02 Å². The zero-order chi connectivity index (χ0) is 12.8. The largest absolute Gasteiger partial charge is 0.456 e. The topological polar surface area (TPSA) is 34.4 Å². The second-order valence-electron chi connectivity index (χ2n) is 3.44. The smallest absolute Gasteiger partial charge is 0.302 e. The number of hydrogen-bond donors (Lipinski definition) is 0. The molecule has 0 atom stereocenters. The Kier molecular flexibility index (Phi) is 2.61. The summed E-state index contributed by atoms with van der Waals surface area (Å²) >= 11 is 5.71. The average molecular weight is 263 g/mol. The number of rotatable bonds is 1. The quantitative estimate of drug-likeness (QED) is 0.740. The van der Waals surface area contributed by atoms with Crippen LogP contribution in [-0.2, 0) is 0 Å². The third-order valence-corrected chi connectivity index (χ3v) is 2.47. The van der Waals surface area contributed by atoms with Crippen molar-refractivity contribution in [2.75, 3.05) is 0 Å². The number of aryl methyl sites for hydroxylation is 1. The number of ketones is 1. The van der Waals surface area contributed by atoms with Crippen LogP contribution in [0.15, 0.2) is 18.3 Å². The van der Waals surface area contributed by atoms with E-state index in [-0.39, 0.29) is 11.3 Å². The molecule has 0 unspecified atom stereocenters. The normalized spacial score (nSPS) is 12.1. The standard InChI is InChI=1S/C10H6ClF3N2O/c1-5-15-8(9(17)10(12,13)14)7-3-2-6(11)4-16(5)7/h2-4H,1H3. The molecule has 0 aliphatic heterocycles. The van der Waals surface area contributed by atoms with Crippen LogP contribution in [0, 0.1) is 6.92 Å². The lowest BCUT2D eigenvalue weighted by atomic mass is 10.2. The second kappa shape index (κ2) is 3.73. The molecule has 0 aromatic carbocycles. The second-order valence-corrected chi connectivity index (χ2v) is 3.87. The minimum atomic E-state index is -4.93. The van der Waals surface area contributed by atoms with Crippen molar-refractivity contribution in [1.82, 2.24) is 9.38 Å². The van der Waals surface area contributed by atoms with Crippen LogP contribution in [0.5, 0.6) is 0 Å². The Morgan fingerprint density at radius 2 is 2.06 bits per heavy atom. The van der Waals surface area contributed by atoms with Gasteiger partial charge in [0.05, 0.1) is 10.5 Å². The lowest BCUT2D eigenvalue weighted by Gasteiger charge is -2.02. The first kappa shape index (κ1) is 11.9. The molecule has 2 aromatic heterocycles. The maximum absolute atomic E-state index is 12.3. The molecule has 90 valence electrons. The highest BCUT2D eigenvalue weighted by Crippen LogP contribution is 2.25. The summed E-state index contributed by atoms with van der Waals surface area (Å²) < 4.78 is 38.3. The monoisotopic (exact) mass is 262 g/mol. The Hall–Kier alpha value is -1.56. The first-order valence-electron chi connectivity index (χ1n) is 4.56. The molecular formula is C10H6ClF3N2O. The first-order chi connectivity index (χ1) is 7.80. The minimum absolute atomic E-state index is 0.0919. The third kappa shape index (κ3) is 2.00. The Labute approximate surface area is 98.8 Å². The van der Waals surface area contributed by atoms with Crippen LogP contribution in [0.4, 0.5) is 13.2 Å². The highest BCUT2D eigenvalue weighted by molar-refractivity contribution is 6.30. The maximum atomic E-state index is 12.3. The van der Waals surface area contributed by atoms with Crippen LogP contribution >= 0.6 is 11.6 Å². The van der Waals surface area contributed by atoms with Gasteiger partial charge in [-0.3, -0.25) is 4.79 Å². The lowest BCUT2D eigenvalue weighted by Crippen LogP contribution is -2.23. The van der Waals surface area contributed by atoms with E-state index in [1.807, 2.05) is 0 Å². The molecule has 2 rings (SSSR count). The van der Waals surface area contributed by atoms with Gasteiger partial charge >= 0.3 is 6.18 Å². The molecule has 0 amide bonds. The number of halogens is 4. The van der Waals surface area contributed by atoms with Gasteiger partial charge in [-0.05, 0) is 19.1 Å². The summed E-state index contributed by atoms with van der Waals surface area (Å²) in [4.78, 5) is 14.8. The number of aromatic nitrogens is 2. The number of carbonyl (C=O) groups excluding carboxylic acids is 1. The van der Waals surface area contributed by atoms with Gasteiger partial charge in [0.15, 0.2) is 0 Å². The molecule has 0 aliphatic rings. The van der Waals surface area contributed by atoms with Crippen molar-refractivity contribution in [3.63, 3.8) is 0 Å². The van der Waals surface area contributed by atoms with E-state index in [1.165, 1.54) is 29.7 Å². The van der Waals surface area contributed by atoms with E-state index in [4.69, 9.17) is 11.6 Å². The van der Waals surface area contributed by atoms with E-state index in [0.29, 0.717) is 5.02 Å². The molecule has 7 heteroatoms. The van der Waals surface area contributed by atoms with Gasteiger partial charge in [0, 0.05) is 6.20 Å². The summed E-state index contributed by atoms with van der Waals surface area (Å²) in [6, 6.07) is 2.74. The van der Waals surface area contributed by atoms with Crippen LogP contribution in [0.1, 0.15) is 16.3 Å². The van der Waals surface area contributed by atoms with Crippen molar-refractivity contribution in [2.45, 2.75) is 13.1 Å². The Morgan fingerprint density at radius 3 is 2.65 bits per heavy atom. The van der Waals surface area contributed by atoms with Crippen LogP contribution < -0.4 is 0 Å². The molecule has 2 heterocycles. The molecule has 3 nitrogen and oxygen atoms in total. The molecular weight excluding hydrogens is 257 g/mol. The molecule has 0 saturated carbocycles. The molecule has 0 N–H and O–H groups in total. The number of imidazole rings is 1. The highest BCUT2D eigenvalue weighted by atomic mass is 35.5. The number of alkyl halides is 3. The SMILES string of the molecule is Cc1nc(C(=O)C(F)(F)F)c2ccc(Cl)cn12. The number of carbonyl (C=O) groups is 1. The fraction of sp³-hybridized carbons (Fsp3) is 0.200. The van der Waals surface area contributed by atoms with Crippen molar-refractivity contribution in [3.05, 3.63) is 34.9 Å². The zero-order valence-electron chi connectivity index (χ0n) is 8.55. The van der Waals surface area contributed by atoms with Crippen LogP contribution in [0.3, 0.4) is 0 Å². The van der Waals surface area contributed by atoms with E-state index in [9.17, 15) is 18.0 Å². The van der Waals surface area contributed by atoms with Crippen molar-refractivity contribution >= 4 is 22.9 Å². The zero-order valence-corrected chi connectivity index (χ0v) is 9.30. The van der Waals surface area contributed by atoms with Gasteiger partial charge in [-0.1, -0.05) is 11.6 Å². The van der Waals surface area contributed by atoms with Crippen molar-refractivity contribution in [3.8, 4) is 0 Å². The van der Waals surface area contributed by atoms with Gasteiger partial charge in [-0.25, -0.2) is 4.98 Å². The van der Waals surface area contributed by atoms with Crippen LogP contribution in [0.25, 0.3) is 5.52 Å². The fourth-order valence-corrected chi connectivity index (χ4v) is 1.67. The van der Waals surface area contributed by atoms with Gasteiger partial charge in [0.2, 0.25) is 0 Å². The van der Waals surface area contributed by atoms with E-state index in [1.54, 1.807) is 0 Å². The van der Waals surface area contributed by atoms with E-state index in [2.05, 4.69) is 4.98 Å². The van der Waals surface area contributed by atoms with Gasteiger partial charge in [-0.15, -0.1) is 0 Å². The molecule has 0 fully saturated rings. The summed E-state index contributed by atoms with van der Waals surface area (Å²) in [6.07, 6.45) is -3.52. The molecule has 0 bridgehead atoms. The van der Waals surface area contributed by atoms with Crippen molar-refractivity contribution < 1.29 is 18.0 Å². The molecule has 0 aliphatic carbocycles. The third-order valence-electron chi connectivity index (χ3n) is 2.25. The molecule has 0 saturated heterocycles. The minimum Gasteiger partial charge on any atom is -0.302 e. The molecule has 0 spiro atoms. The van der Waals surface area contributed by atoms with Crippen molar-refractivity contribution in [1.29, 1.82) is 0 Å². The van der Waals surface area contributed by atoms with Crippen LogP contribution in [-0.4, -0.2) is 21.3 Å². The number of hydrogen-bond acceptors (Lipinski definition) is 2. The van der Waals surface area contributed by atoms with Gasteiger partial charge < -0.3 is 4.40 Å². The predicted octanol–water partition coefficient (Wildman–Crippen LogP) is 3.04.